The number of carbonyl (C=O) groups is 1. The van der Waals surface area contributed by atoms with E-state index in [4.69, 9.17) is 9.26 Å². The number of ether oxygens (including phenoxy) is 1. The number of hydrogen-bond acceptors (Lipinski definition) is 6. The van der Waals surface area contributed by atoms with E-state index < -0.39 is 5.82 Å². The molecule has 7 nitrogen and oxygen atoms in total. The van der Waals surface area contributed by atoms with Crippen LogP contribution in [0.1, 0.15) is 17.0 Å². The number of amides is 1. The van der Waals surface area contributed by atoms with E-state index in [-0.39, 0.29) is 24.1 Å². The first-order valence-corrected chi connectivity index (χ1v) is 9.34. The van der Waals surface area contributed by atoms with Crippen molar-refractivity contribution >= 4 is 17.0 Å². The lowest BCUT2D eigenvalue weighted by atomic mass is 10.1. The number of benzene rings is 2. The number of carbonyl (C=O) groups excluding carboxylic acids is 1. The fraction of sp³-hybridized carbons (Fsp3) is 0.182. The molecule has 0 aliphatic heterocycles. The third-order valence-corrected chi connectivity index (χ3v) is 4.46. The highest BCUT2D eigenvalue weighted by atomic mass is 19.1. The molecule has 0 bridgehead atoms. The van der Waals surface area contributed by atoms with Crippen LogP contribution in [-0.4, -0.2) is 27.6 Å². The van der Waals surface area contributed by atoms with Gasteiger partial charge in [0.25, 0.3) is 11.6 Å². The predicted octanol–water partition coefficient (Wildman–Crippen LogP) is 3.74. The Morgan fingerprint density at radius 1 is 1.13 bits per heavy atom. The first-order chi connectivity index (χ1) is 14.5. The first-order valence-electron chi connectivity index (χ1n) is 9.34. The Morgan fingerprint density at radius 3 is 2.70 bits per heavy atom. The molecule has 4 rings (SSSR count). The number of aryl methyl sites for hydroxylation is 2. The molecule has 0 saturated heterocycles. The molecule has 0 spiro atoms. The monoisotopic (exact) mass is 406 g/mol. The number of rotatable bonds is 6. The van der Waals surface area contributed by atoms with E-state index in [0.717, 1.165) is 11.1 Å². The molecule has 0 fully saturated rings. The highest BCUT2D eigenvalue weighted by Gasteiger charge is 2.20. The Hall–Kier alpha value is -3.81. The van der Waals surface area contributed by atoms with Crippen molar-refractivity contribution in [2.75, 3.05) is 6.61 Å². The van der Waals surface area contributed by atoms with Gasteiger partial charge in [0, 0.05) is 12.1 Å². The smallest absolute Gasteiger partial charge is 0.265 e. The van der Waals surface area contributed by atoms with Crippen molar-refractivity contribution in [1.82, 2.24) is 20.4 Å². The number of nitrogens with one attached hydrogen (secondary N) is 1. The zero-order chi connectivity index (χ0) is 21.1. The van der Waals surface area contributed by atoms with Crippen LogP contribution in [0, 0.1) is 19.7 Å². The summed E-state index contributed by atoms with van der Waals surface area (Å²) in [5, 5.41) is 7.18. The molecule has 8 heteroatoms. The molecule has 2 heterocycles. The van der Waals surface area contributed by atoms with E-state index in [2.05, 4.69) is 20.4 Å². The molecule has 0 radical (unpaired) electrons. The molecule has 2 aromatic carbocycles. The van der Waals surface area contributed by atoms with Gasteiger partial charge < -0.3 is 14.6 Å². The van der Waals surface area contributed by atoms with E-state index in [1.54, 1.807) is 19.1 Å². The molecule has 0 saturated carbocycles. The molecule has 152 valence electrons. The Labute approximate surface area is 171 Å². The van der Waals surface area contributed by atoms with Crippen LogP contribution >= 0.6 is 0 Å². The average Bonchev–Trinajstić information content (AvgIpc) is 3.15. The summed E-state index contributed by atoms with van der Waals surface area (Å²) in [7, 11) is 0. The van der Waals surface area contributed by atoms with Crippen LogP contribution in [0.25, 0.3) is 22.4 Å². The van der Waals surface area contributed by atoms with Crippen molar-refractivity contribution < 1.29 is 18.4 Å². The predicted molar refractivity (Wildman–Crippen MR) is 108 cm³/mol. The second-order valence-electron chi connectivity index (χ2n) is 6.85. The van der Waals surface area contributed by atoms with Crippen LogP contribution in [0.15, 0.2) is 53.1 Å². The number of aromatic nitrogens is 3. The summed E-state index contributed by atoms with van der Waals surface area (Å²) in [6, 6.07) is 13.8. The van der Waals surface area contributed by atoms with Crippen molar-refractivity contribution in [3.63, 3.8) is 0 Å². The van der Waals surface area contributed by atoms with Gasteiger partial charge in [0.1, 0.15) is 22.7 Å². The second kappa shape index (κ2) is 8.28. The summed E-state index contributed by atoms with van der Waals surface area (Å²) in [4.78, 5) is 20.7. The van der Waals surface area contributed by atoms with Gasteiger partial charge in [-0.15, -0.1) is 0 Å². The van der Waals surface area contributed by atoms with Crippen molar-refractivity contribution in [2.24, 2.45) is 0 Å². The summed E-state index contributed by atoms with van der Waals surface area (Å²) in [5.41, 5.74) is 3.19. The fourth-order valence-electron chi connectivity index (χ4n) is 2.95. The molecular formula is C22H19FN4O3. The van der Waals surface area contributed by atoms with Crippen LogP contribution in [0.2, 0.25) is 0 Å². The number of nitrogens with zero attached hydrogens (tertiary/aromatic N) is 3. The van der Waals surface area contributed by atoms with E-state index in [9.17, 15) is 9.18 Å². The lowest BCUT2D eigenvalue weighted by Crippen LogP contribution is -2.28. The normalized spacial score (nSPS) is 10.9. The van der Waals surface area contributed by atoms with Crippen molar-refractivity contribution in [3.05, 3.63) is 71.3 Å². The summed E-state index contributed by atoms with van der Waals surface area (Å²) < 4.78 is 24.6. The number of halogens is 1. The van der Waals surface area contributed by atoms with Crippen LogP contribution in [0.4, 0.5) is 4.39 Å². The van der Waals surface area contributed by atoms with Crippen molar-refractivity contribution in [2.45, 2.75) is 20.4 Å². The SMILES string of the molecule is Cc1ccc(CNC(=O)COc2nc(C)nc3onc(-c4cccc(F)c4)c23)cc1. The van der Waals surface area contributed by atoms with Gasteiger partial charge in [-0.25, -0.2) is 4.39 Å². The molecular weight excluding hydrogens is 387 g/mol. The highest BCUT2D eigenvalue weighted by molar-refractivity contribution is 5.93. The van der Waals surface area contributed by atoms with Crippen molar-refractivity contribution in [1.29, 1.82) is 0 Å². The van der Waals surface area contributed by atoms with E-state index in [1.165, 1.54) is 12.1 Å². The molecule has 1 N–H and O–H groups in total. The number of hydrogen-bond donors (Lipinski definition) is 1. The minimum absolute atomic E-state index is 0.156. The van der Waals surface area contributed by atoms with Crippen LogP contribution in [0.5, 0.6) is 5.88 Å². The molecule has 1 amide bonds. The maximum absolute atomic E-state index is 13.7. The van der Waals surface area contributed by atoms with Gasteiger partial charge in [-0.1, -0.05) is 47.1 Å². The van der Waals surface area contributed by atoms with Gasteiger partial charge in [-0.05, 0) is 31.5 Å². The number of fused-ring (bicyclic) bond motifs is 1. The standard InChI is InChI=1S/C22H19FN4O3/c1-13-6-8-15(9-7-13)11-24-18(28)12-29-21-19-20(16-4-3-5-17(23)10-16)27-30-22(19)26-14(2)25-21/h3-10H,11-12H2,1-2H3,(H,24,28). The van der Waals surface area contributed by atoms with Gasteiger partial charge in [0.05, 0.1) is 0 Å². The second-order valence-corrected chi connectivity index (χ2v) is 6.85. The summed E-state index contributed by atoms with van der Waals surface area (Å²) >= 11 is 0. The van der Waals surface area contributed by atoms with E-state index >= 15 is 0 Å². The largest absolute Gasteiger partial charge is 0.467 e. The minimum atomic E-state index is -0.408. The molecule has 0 unspecified atom stereocenters. The minimum Gasteiger partial charge on any atom is -0.467 e. The first kappa shape index (κ1) is 19.5. The summed E-state index contributed by atoms with van der Waals surface area (Å²) in [6.07, 6.45) is 0. The maximum Gasteiger partial charge on any atom is 0.265 e. The van der Waals surface area contributed by atoms with Gasteiger partial charge in [-0.2, -0.15) is 9.97 Å². The summed E-state index contributed by atoms with van der Waals surface area (Å²) in [6.45, 7) is 3.82. The Balaban J connectivity index is 1.52. The fourth-order valence-corrected chi connectivity index (χ4v) is 2.95. The maximum atomic E-state index is 13.7. The molecule has 0 atom stereocenters. The molecule has 30 heavy (non-hydrogen) atoms. The highest BCUT2D eigenvalue weighted by Crippen LogP contribution is 2.33. The molecule has 4 aromatic rings. The Morgan fingerprint density at radius 2 is 1.93 bits per heavy atom. The molecule has 0 aliphatic rings. The topological polar surface area (TPSA) is 90.1 Å². The quantitative estimate of drug-likeness (QED) is 0.525. The third kappa shape index (κ3) is 4.27. The van der Waals surface area contributed by atoms with E-state index in [1.807, 2.05) is 31.2 Å². The molecule has 0 aliphatic carbocycles. The van der Waals surface area contributed by atoms with Crippen LogP contribution < -0.4 is 10.1 Å². The van der Waals surface area contributed by atoms with Gasteiger partial charge in [-0.3, -0.25) is 4.79 Å². The Kier molecular flexibility index (Phi) is 5.38. The zero-order valence-corrected chi connectivity index (χ0v) is 16.5. The van der Waals surface area contributed by atoms with Crippen LogP contribution in [0.3, 0.4) is 0 Å². The zero-order valence-electron chi connectivity index (χ0n) is 16.5. The van der Waals surface area contributed by atoms with Gasteiger partial charge in [0.2, 0.25) is 5.88 Å². The van der Waals surface area contributed by atoms with Crippen LogP contribution in [-0.2, 0) is 11.3 Å². The molecule has 2 aromatic heterocycles. The van der Waals surface area contributed by atoms with Gasteiger partial charge >= 0.3 is 0 Å². The lowest BCUT2D eigenvalue weighted by molar-refractivity contribution is -0.123. The lowest BCUT2D eigenvalue weighted by Gasteiger charge is -2.09. The average molecular weight is 406 g/mol. The third-order valence-electron chi connectivity index (χ3n) is 4.46. The van der Waals surface area contributed by atoms with Gasteiger partial charge in [0.15, 0.2) is 6.61 Å². The van der Waals surface area contributed by atoms with E-state index in [0.29, 0.717) is 29.0 Å². The summed E-state index contributed by atoms with van der Waals surface area (Å²) in [5.74, 6) is -0.151. The Bertz CT molecular complexity index is 1200. The van der Waals surface area contributed by atoms with Crippen molar-refractivity contribution in [3.8, 4) is 17.1 Å².